The van der Waals surface area contributed by atoms with Gasteiger partial charge in [-0.05, 0) is 6.07 Å². The van der Waals surface area contributed by atoms with Gasteiger partial charge in [0.15, 0.2) is 0 Å². The van der Waals surface area contributed by atoms with Crippen LogP contribution in [0.3, 0.4) is 0 Å². The third-order valence-electron chi connectivity index (χ3n) is 1.99. The minimum atomic E-state index is -3.71. The van der Waals surface area contributed by atoms with E-state index in [0.717, 1.165) is 0 Å². The first-order valence-corrected chi connectivity index (χ1v) is 6.46. The Balaban J connectivity index is 2.70. The van der Waals surface area contributed by atoms with Gasteiger partial charge in [0.1, 0.15) is 5.17 Å². The number of hydrogen-bond donors (Lipinski definition) is 0. The van der Waals surface area contributed by atoms with E-state index in [4.69, 9.17) is 22.3 Å². The van der Waals surface area contributed by atoms with Crippen LogP contribution in [0.5, 0.6) is 0 Å². The zero-order valence-electron chi connectivity index (χ0n) is 6.87. The number of aliphatic imine (C=N–C) groups is 1. The summed E-state index contributed by atoms with van der Waals surface area (Å²) in [5, 5.41) is 0.335. The van der Waals surface area contributed by atoms with Crippen molar-refractivity contribution in [1.82, 2.24) is 0 Å². The van der Waals surface area contributed by atoms with Gasteiger partial charge >= 0.3 is 0 Å². The molecule has 2 rings (SSSR count). The average molecular weight is 250 g/mol. The molecule has 0 unspecified atom stereocenters. The van der Waals surface area contributed by atoms with Gasteiger partial charge in [0.2, 0.25) is 0 Å². The molecule has 0 saturated heterocycles. The smallest absolute Gasteiger partial charge is 0.261 e. The molecule has 0 radical (unpaired) electrons. The molecule has 1 aliphatic heterocycles. The Kier molecular flexibility index (Phi) is 2.29. The summed E-state index contributed by atoms with van der Waals surface area (Å²) in [5.74, 6) is 0. The van der Waals surface area contributed by atoms with Gasteiger partial charge in [0.05, 0.1) is 11.4 Å². The fraction of sp³-hybridized carbons (Fsp3) is 0.125. The van der Waals surface area contributed by atoms with Crippen molar-refractivity contribution >= 4 is 36.5 Å². The zero-order chi connectivity index (χ0) is 10.3. The normalized spacial score (nSPS) is 15.1. The minimum Gasteiger partial charge on any atom is -0.268 e. The average Bonchev–Trinajstić information content (AvgIpc) is 2.46. The summed E-state index contributed by atoms with van der Waals surface area (Å²) in [4.78, 5) is 4.03. The largest absolute Gasteiger partial charge is 0.268 e. The SMILES string of the molecule is O=S(=O)(Cl)c1cccc2c1CN=C2Cl. The van der Waals surface area contributed by atoms with E-state index in [9.17, 15) is 8.42 Å². The van der Waals surface area contributed by atoms with Gasteiger partial charge in [-0.15, -0.1) is 0 Å². The van der Waals surface area contributed by atoms with Crippen LogP contribution in [0.15, 0.2) is 28.1 Å². The maximum Gasteiger partial charge on any atom is 0.261 e. The second-order valence-electron chi connectivity index (χ2n) is 2.83. The van der Waals surface area contributed by atoms with Crippen molar-refractivity contribution in [2.45, 2.75) is 11.4 Å². The Labute approximate surface area is 90.8 Å². The van der Waals surface area contributed by atoms with E-state index in [1.54, 1.807) is 12.1 Å². The van der Waals surface area contributed by atoms with Crippen LogP contribution in [0.4, 0.5) is 0 Å². The molecule has 14 heavy (non-hydrogen) atoms. The lowest BCUT2D eigenvalue weighted by molar-refractivity contribution is 0.608. The monoisotopic (exact) mass is 249 g/mol. The molecule has 1 aromatic carbocycles. The molecular weight excluding hydrogens is 245 g/mol. The molecule has 3 nitrogen and oxygen atoms in total. The predicted molar refractivity (Wildman–Crippen MR) is 55.6 cm³/mol. The highest BCUT2D eigenvalue weighted by Gasteiger charge is 2.23. The minimum absolute atomic E-state index is 0.0936. The number of halogens is 2. The number of hydrogen-bond acceptors (Lipinski definition) is 3. The van der Waals surface area contributed by atoms with E-state index in [1.807, 2.05) is 0 Å². The summed E-state index contributed by atoms with van der Waals surface area (Å²) in [6, 6.07) is 4.77. The second-order valence-corrected chi connectivity index (χ2v) is 5.72. The van der Waals surface area contributed by atoms with Crippen LogP contribution in [0.25, 0.3) is 0 Å². The van der Waals surface area contributed by atoms with Crippen molar-refractivity contribution < 1.29 is 8.42 Å². The molecule has 0 aliphatic carbocycles. The van der Waals surface area contributed by atoms with Crippen LogP contribution < -0.4 is 0 Å². The van der Waals surface area contributed by atoms with Crippen molar-refractivity contribution in [2.75, 3.05) is 0 Å². The topological polar surface area (TPSA) is 46.5 Å². The molecule has 1 heterocycles. The van der Waals surface area contributed by atoms with Gasteiger partial charge in [-0.2, -0.15) is 0 Å². The van der Waals surface area contributed by atoms with E-state index >= 15 is 0 Å². The highest BCUT2D eigenvalue weighted by molar-refractivity contribution is 8.13. The van der Waals surface area contributed by atoms with Crippen molar-refractivity contribution in [3.05, 3.63) is 29.3 Å². The lowest BCUT2D eigenvalue weighted by Crippen LogP contribution is -1.99. The van der Waals surface area contributed by atoms with Crippen molar-refractivity contribution in [3.63, 3.8) is 0 Å². The Bertz CT molecular complexity index is 522. The summed E-state index contributed by atoms with van der Waals surface area (Å²) in [5.41, 5.74) is 1.22. The third-order valence-corrected chi connectivity index (χ3v) is 3.72. The van der Waals surface area contributed by atoms with Crippen LogP contribution in [0.1, 0.15) is 11.1 Å². The molecule has 0 aromatic heterocycles. The van der Waals surface area contributed by atoms with Crippen LogP contribution in [0, 0.1) is 0 Å². The molecule has 0 fully saturated rings. The third kappa shape index (κ3) is 1.54. The molecule has 0 spiro atoms. The van der Waals surface area contributed by atoms with Crippen molar-refractivity contribution in [2.24, 2.45) is 4.99 Å². The van der Waals surface area contributed by atoms with Crippen LogP contribution in [0.2, 0.25) is 0 Å². The van der Waals surface area contributed by atoms with E-state index in [1.165, 1.54) is 6.07 Å². The summed E-state index contributed by atoms with van der Waals surface area (Å²) in [6.07, 6.45) is 0. The van der Waals surface area contributed by atoms with E-state index in [2.05, 4.69) is 4.99 Å². The number of benzene rings is 1. The molecule has 74 valence electrons. The lowest BCUT2D eigenvalue weighted by atomic mass is 10.1. The second kappa shape index (κ2) is 3.22. The summed E-state index contributed by atoms with van der Waals surface area (Å²) in [7, 11) is 1.56. The Hall–Kier alpha value is -0.580. The van der Waals surface area contributed by atoms with E-state index < -0.39 is 9.05 Å². The number of nitrogens with zero attached hydrogens (tertiary/aromatic N) is 1. The lowest BCUT2D eigenvalue weighted by Gasteiger charge is -2.03. The Morgan fingerprint density at radius 2 is 2.07 bits per heavy atom. The maximum atomic E-state index is 11.2. The van der Waals surface area contributed by atoms with Crippen LogP contribution >= 0.6 is 22.3 Å². The first-order chi connectivity index (χ1) is 6.50. The molecule has 0 N–H and O–H groups in total. The molecule has 0 amide bonds. The standard InChI is InChI=1S/C8H5Cl2NO2S/c9-8-5-2-1-3-7(14(10,12)13)6(5)4-11-8/h1-3H,4H2. The first-order valence-electron chi connectivity index (χ1n) is 3.77. The molecular formula is C8H5Cl2NO2S. The molecule has 0 saturated carbocycles. The van der Waals surface area contributed by atoms with Gasteiger partial charge < -0.3 is 0 Å². The summed E-state index contributed by atoms with van der Waals surface area (Å²) in [6.45, 7) is 0.274. The van der Waals surface area contributed by atoms with Gasteiger partial charge in [0, 0.05) is 21.8 Å². The maximum absolute atomic E-state index is 11.2. The molecule has 0 atom stereocenters. The molecule has 1 aromatic rings. The van der Waals surface area contributed by atoms with Gasteiger partial charge in [-0.25, -0.2) is 8.42 Å². The Morgan fingerprint density at radius 3 is 2.71 bits per heavy atom. The highest BCUT2D eigenvalue weighted by Crippen LogP contribution is 2.29. The summed E-state index contributed by atoms with van der Waals surface area (Å²) >= 11 is 5.78. The fourth-order valence-corrected chi connectivity index (χ4v) is 2.76. The van der Waals surface area contributed by atoms with E-state index in [-0.39, 0.29) is 11.4 Å². The number of rotatable bonds is 1. The van der Waals surface area contributed by atoms with Crippen molar-refractivity contribution in [1.29, 1.82) is 0 Å². The summed E-state index contributed by atoms with van der Waals surface area (Å²) < 4.78 is 22.3. The predicted octanol–water partition coefficient (Wildman–Crippen LogP) is 2.11. The van der Waals surface area contributed by atoms with Crippen molar-refractivity contribution in [3.8, 4) is 0 Å². The highest BCUT2D eigenvalue weighted by atomic mass is 35.7. The van der Waals surface area contributed by atoms with Gasteiger partial charge in [-0.1, -0.05) is 23.7 Å². The molecule has 6 heteroatoms. The molecule has 1 aliphatic rings. The molecule has 0 bridgehead atoms. The van der Waals surface area contributed by atoms with E-state index in [0.29, 0.717) is 16.3 Å². The zero-order valence-corrected chi connectivity index (χ0v) is 9.20. The van der Waals surface area contributed by atoms with Crippen LogP contribution in [-0.4, -0.2) is 13.6 Å². The first kappa shape index (κ1) is 9.96. The van der Waals surface area contributed by atoms with Crippen LogP contribution in [-0.2, 0) is 15.6 Å². The van der Waals surface area contributed by atoms with Gasteiger partial charge in [0.25, 0.3) is 9.05 Å². The fourth-order valence-electron chi connectivity index (χ4n) is 1.38. The quantitative estimate of drug-likeness (QED) is 0.716. The Morgan fingerprint density at radius 1 is 1.36 bits per heavy atom. The number of fused-ring (bicyclic) bond motifs is 1. The van der Waals surface area contributed by atoms with Gasteiger partial charge in [-0.3, -0.25) is 4.99 Å².